The highest BCUT2D eigenvalue weighted by molar-refractivity contribution is 5.93. The fraction of sp³-hybridized carbons (Fsp3) is 0.182. The summed E-state index contributed by atoms with van der Waals surface area (Å²) < 4.78 is 41.1. The predicted molar refractivity (Wildman–Crippen MR) is 54.4 cm³/mol. The lowest BCUT2D eigenvalue weighted by atomic mass is 10.1. The number of carboxylic acids is 1. The highest BCUT2D eigenvalue weighted by Gasteiger charge is 2.13. The van der Waals surface area contributed by atoms with E-state index in [1.54, 1.807) is 0 Å². The van der Waals surface area contributed by atoms with Gasteiger partial charge in [0.05, 0.1) is 0 Å². The van der Waals surface area contributed by atoms with Crippen molar-refractivity contribution in [2.45, 2.75) is 13.5 Å². The zero-order valence-corrected chi connectivity index (χ0v) is 8.78. The zero-order chi connectivity index (χ0) is 13.0. The topological polar surface area (TPSA) is 46.5 Å². The van der Waals surface area contributed by atoms with Gasteiger partial charge in [-0.15, -0.1) is 0 Å². The predicted octanol–water partition coefficient (Wildman–Crippen LogP) is 3.07. The maximum absolute atomic E-state index is 13.1. The number of benzene rings is 1. The number of carboxylic acid groups (broad SMARTS) is 1. The third kappa shape index (κ3) is 3.51. The van der Waals surface area contributed by atoms with Crippen molar-refractivity contribution in [1.82, 2.24) is 0 Å². The van der Waals surface area contributed by atoms with Gasteiger partial charge in [-0.1, -0.05) is 12.1 Å². The Balaban J connectivity index is 3.07. The molecule has 1 aromatic rings. The van der Waals surface area contributed by atoms with E-state index in [0.29, 0.717) is 0 Å². The van der Waals surface area contributed by atoms with E-state index >= 15 is 0 Å². The first kappa shape index (κ1) is 13.1. The number of alkyl halides is 2. The number of allylic oxidation sites excluding steroid dienone is 1. The van der Waals surface area contributed by atoms with Crippen molar-refractivity contribution in [2.75, 3.05) is 0 Å². The van der Waals surface area contributed by atoms with Crippen LogP contribution >= 0.6 is 0 Å². The first-order chi connectivity index (χ1) is 7.91. The van der Waals surface area contributed by atoms with Crippen molar-refractivity contribution < 1.29 is 27.8 Å². The number of halogens is 3. The smallest absolute Gasteiger partial charge is 0.387 e. The number of carbonyl (C=O) groups is 1. The van der Waals surface area contributed by atoms with Crippen LogP contribution in [0, 0.1) is 0 Å². The Labute approximate surface area is 95.1 Å². The van der Waals surface area contributed by atoms with Gasteiger partial charge in [-0.05, 0) is 30.2 Å². The van der Waals surface area contributed by atoms with Gasteiger partial charge < -0.3 is 9.84 Å². The van der Waals surface area contributed by atoms with E-state index in [1.807, 2.05) is 0 Å². The average molecular weight is 246 g/mol. The molecule has 0 unspecified atom stereocenters. The van der Waals surface area contributed by atoms with Crippen molar-refractivity contribution in [3.05, 3.63) is 35.7 Å². The largest absolute Gasteiger partial charge is 0.476 e. The quantitative estimate of drug-likeness (QED) is 0.830. The summed E-state index contributed by atoms with van der Waals surface area (Å²) in [5, 5.41) is 8.44. The van der Waals surface area contributed by atoms with Crippen LogP contribution < -0.4 is 4.74 Å². The van der Waals surface area contributed by atoms with Gasteiger partial charge in [0.1, 0.15) is 5.75 Å². The summed E-state index contributed by atoms with van der Waals surface area (Å²) in [6, 6.07) is 5.17. The number of hydrogen-bond donors (Lipinski definition) is 1. The third-order valence-corrected chi connectivity index (χ3v) is 2.01. The van der Waals surface area contributed by atoms with E-state index in [2.05, 4.69) is 4.74 Å². The van der Waals surface area contributed by atoms with E-state index in [4.69, 9.17) is 5.11 Å². The van der Waals surface area contributed by atoms with Crippen LogP contribution in [-0.2, 0) is 4.79 Å². The van der Waals surface area contributed by atoms with Crippen LogP contribution in [0.15, 0.2) is 30.1 Å². The average Bonchev–Trinajstić information content (AvgIpc) is 2.26. The maximum Gasteiger partial charge on any atom is 0.387 e. The lowest BCUT2D eigenvalue weighted by Crippen LogP contribution is -2.02. The molecule has 1 rings (SSSR count). The summed E-state index contributed by atoms with van der Waals surface area (Å²) in [7, 11) is 0. The van der Waals surface area contributed by atoms with Gasteiger partial charge in [-0.2, -0.15) is 13.2 Å². The molecule has 0 bridgehead atoms. The lowest BCUT2D eigenvalue weighted by Gasteiger charge is -2.07. The fourth-order valence-corrected chi connectivity index (χ4v) is 1.19. The molecule has 0 spiro atoms. The summed E-state index contributed by atoms with van der Waals surface area (Å²) in [6.07, 6.45) is 0. The molecule has 0 aliphatic carbocycles. The second-order valence-electron chi connectivity index (χ2n) is 3.15. The molecule has 0 fully saturated rings. The molecule has 92 valence electrons. The second kappa shape index (κ2) is 5.38. The Morgan fingerprint density at radius 1 is 1.41 bits per heavy atom. The van der Waals surface area contributed by atoms with E-state index in [1.165, 1.54) is 25.1 Å². The van der Waals surface area contributed by atoms with Crippen LogP contribution in [0.25, 0.3) is 5.57 Å². The number of rotatable bonds is 4. The number of ether oxygens (including phenoxy) is 1. The van der Waals surface area contributed by atoms with Crippen molar-refractivity contribution >= 4 is 11.5 Å². The van der Waals surface area contributed by atoms with E-state index in [9.17, 15) is 18.0 Å². The Bertz CT molecular complexity index is 455. The highest BCUT2D eigenvalue weighted by atomic mass is 19.3. The molecule has 3 nitrogen and oxygen atoms in total. The molecule has 1 N–H and O–H groups in total. The van der Waals surface area contributed by atoms with Crippen molar-refractivity contribution in [1.29, 1.82) is 0 Å². The van der Waals surface area contributed by atoms with Gasteiger partial charge in [0, 0.05) is 0 Å². The molecule has 1 aromatic carbocycles. The summed E-state index contributed by atoms with van der Waals surface area (Å²) in [4.78, 5) is 10.4. The minimum absolute atomic E-state index is 0.155. The Hall–Kier alpha value is -1.98. The second-order valence-corrected chi connectivity index (χ2v) is 3.15. The van der Waals surface area contributed by atoms with Crippen LogP contribution in [0.4, 0.5) is 13.2 Å². The molecule has 0 saturated heterocycles. The van der Waals surface area contributed by atoms with E-state index in [0.717, 1.165) is 6.07 Å². The molecule has 6 heteroatoms. The summed E-state index contributed by atoms with van der Waals surface area (Å²) in [6.45, 7) is -1.75. The Morgan fingerprint density at radius 3 is 2.59 bits per heavy atom. The summed E-state index contributed by atoms with van der Waals surface area (Å²) in [5.41, 5.74) is 0.0141. The van der Waals surface area contributed by atoms with Crippen LogP contribution in [0.5, 0.6) is 5.75 Å². The van der Waals surface area contributed by atoms with Gasteiger partial charge in [-0.3, -0.25) is 0 Å². The SMILES string of the molecule is CC(=C(F)C(=O)O)c1cccc(OC(F)F)c1. The zero-order valence-electron chi connectivity index (χ0n) is 8.78. The first-order valence-corrected chi connectivity index (χ1v) is 4.56. The van der Waals surface area contributed by atoms with E-state index in [-0.39, 0.29) is 16.9 Å². The third-order valence-electron chi connectivity index (χ3n) is 2.01. The molecule has 0 atom stereocenters. The van der Waals surface area contributed by atoms with Crippen molar-refractivity contribution in [2.24, 2.45) is 0 Å². The van der Waals surface area contributed by atoms with Gasteiger partial charge >= 0.3 is 12.6 Å². The van der Waals surface area contributed by atoms with Gasteiger partial charge in [0.2, 0.25) is 5.83 Å². The van der Waals surface area contributed by atoms with Crippen molar-refractivity contribution in [3.8, 4) is 5.75 Å². The highest BCUT2D eigenvalue weighted by Crippen LogP contribution is 2.24. The summed E-state index contributed by atoms with van der Waals surface area (Å²) >= 11 is 0. The summed E-state index contributed by atoms with van der Waals surface area (Å²) in [5.74, 6) is -3.20. The normalized spacial score (nSPS) is 12.3. The van der Waals surface area contributed by atoms with Crippen LogP contribution in [0.2, 0.25) is 0 Å². The molecule has 0 saturated carbocycles. The monoisotopic (exact) mass is 246 g/mol. The molecule has 0 aliphatic heterocycles. The number of hydrogen-bond acceptors (Lipinski definition) is 2. The fourth-order valence-electron chi connectivity index (χ4n) is 1.19. The molecular weight excluding hydrogens is 237 g/mol. The molecule has 0 aromatic heterocycles. The molecule has 17 heavy (non-hydrogen) atoms. The van der Waals surface area contributed by atoms with Crippen LogP contribution in [0.1, 0.15) is 12.5 Å². The molecular formula is C11H9F3O3. The maximum atomic E-state index is 13.1. The Morgan fingerprint density at radius 2 is 2.06 bits per heavy atom. The van der Waals surface area contributed by atoms with Gasteiger partial charge in [0.15, 0.2) is 0 Å². The van der Waals surface area contributed by atoms with E-state index < -0.39 is 18.4 Å². The van der Waals surface area contributed by atoms with Crippen molar-refractivity contribution in [3.63, 3.8) is 0 Å². The van der Waals surface area contributed by atoms with Crippen LogP contribution in [0.3, 0.4) is 0 Å². The van der Waals surface area contributed by atoms with Crippen LogP contribution in [-0.4, -0.2) is 17.7 Å². The first-order valence-electron chi connectivity index (χ1n) is 4.56. The standard InChI is InChI=1S/C11H9F3O3/c1-6(9(12)10(15)16)7-3-2-4-8(5-7)17-11(13)14/h2-5,11H,1H3,(H,15,16). The number of aliphatic carboxylic acids is 1. The minimum Gasteiger partial charge on any atom is -0.476 e. The minimum atomic E-state index is -2.99. The molecule has 0 aliphatic rings. The molecule has 0 radical (unpaired) electrons. The lowest BCUT2D eigenvalue weighted by molar-refractivity contribution is -0.134. The molecule has 0 heterocycles. The Kier molecular flexibility index (Phi) is 4.14. The van der Waals surface area contributed by atoms with Gasteiger partial charge in [-0.25, -0.2) is 4.79 Å². The van der Waals surface area contributed by atoms with Gasteiger partial charge in [0.25, 0.3) is 0 Å². The molecule has 0 amide bonds.